The van der Waals surface area contributed by atoms with Crippen molar-refractivity contribution < 1.29 is 9.21 Å². The lowest BCUT2D eigenvalue weighted by Crippen LogP contribution is -2.33. The van der Waals surface area contributed by atoms with Gasteiger partial charge in [-0.3, -0.25) is 14.2 Å². The van der Waals surface area contributed by atoms with Gasteiger partial charge < -0.3 is 9.73 Å². The Kier molecular flexibility index (Phi) is 4.68. The van der Waals surface area contributed by atoms with E-state index in [9.17, 15) is 9.59 Å². The molecule has 0 aliphatic heterocycles. The zero-order chi connectivity index (χ0) is 16.4. The van der Waals surface area contributed by atoms with Gasteiger partial charge in [0.1, 0.15) is 17.5 Å². The number of rotatable bonds is 5. The third-order valence-corrected chi connectivity index (χ3v) is 3.63. The van der Waals surface area contributed by atoms with E-state index in [1.165, 1.54) is 10.9 Å². The van der Waals surface area contributed by atoms with Crippen LogP contribution in [0.15, 0.2) is 15.5 Å². The average Bonchev–Trinajstić information content (AvgIpc) is 2.78. The third kappa shape index (κ3) is 3.05. The van der Waals surface area contributed by atoms with Gasteiger partial charge in [0.2, 0.25) is 5.71 Å². The van der Waals surface area contributed by atoms with Gasteiger partial charge in [0, 0.05) is 12.6 Å². The van der Waals surface area contributed by atoms with Gasteiger partial charge in [0.05, 0.1) is 5.56 Å². The van der Waals surface area contributed by atoms with Crippen LogP contribution in [0, 0.1) is 12.8 Å². The van der Waals surface area contributed by atoms with Crippen molar-refractivity contribution in [2.45, 2.75) is 53.6 Å². The topological polar surface area (TPSA) is 77.1 Å². The Bertz CT molecular complexity index is 743. The summed E-state index contributed by atoms with van der Waals surface area (Å²) in [5, 5.41) is 3.14. The molecule has 2 rings (SSSR count). The molecule has 0 saturated heterocycles. The van der Waals surface area contributed by atoms with Crippen LogP contribution in [0.5, 0.6) is 0 Å². The number of aryl methyl sites for hydroxylation is 1. The molecule has 120 valence electrons. The Labute approximate surface area is 129 Å². The maximum Gasteiger partial charge on any atom is 0.265 e. The summed E-state index contributed by atoms with van der Waals surface area (Å²) < 4.78 is 7.02. The molecule has 2 aromatic rings. The van der Waals surface area contributed by atoms with Crippen LogP contribution in [0.4, 0.5) is 0 Å². The highest BCUT2D eigenvalue weighted by molar-refractivity contribution is 6.06. The molecule has 0 aliphatic carbocycles. The van der Waals surface area contributed by atoms with Crippen molar-refractivity contribution in [1.29, 1.82) is 0 Å². The van der Waals surface area contributed by atoms with Gasteiger partial charge >= 0.3 is 0 Å². The van der Waals surface area contributed by atoms with Crippen molar-refractivity contribution in [2.75, 3.05) is 0 Å². The Hall–Kier alpha value is -2.11. The van der Waals surface area contributed by atoms with Crippen LogP contribution in [-0.2, 0) is 6.54 Å². The number of nitrogens with one attached hydrogen (secondary N) is 1. The van der Waals surface area contributed by atoms with E-state index in [2.05, 4.69) is 10.3 Å². The lowest BCUT2D eigenvalue weighted by Gasteiger charge is -2.11. The summed E-state index contributed by atoms with van der Waals surface area (Å²) in [6.45, 7) is 10.2. The lowest BCUT2D eigenvalue weighted by molar-refractivity contribution is 0.0939. The summed E-state index contributed by atoms with van der Waals surface area (Å²) >= 11 is 0. The fourth-order valence-electron chi connectivity index (χ4n) is 2.33. The van der Waals surface area contributed by atoms with Gasteiger partial charge in [-0.15, -0.1) is 0 Å². The van der Waals surface area contributed by atoms with Crippen molar-refractivity contribution in [3.8, 4) is 0 Å². The Balaban J connectivity index is 2.56. The zero-order valence-electron chi connectivity index (χ0n) is 13.8. The molecule has 2 heterocycles. The largest absolute Gasteiger partial charge is 0.442 e. The van der Waals surface area contributed by atoms with Crippen molar-refractivity contribution in [1.82, 2.24) is 14.9 Å². The van der Waals surface area contributed by atoms with Crippen LogP contribution in [0.1, 0.15) is 50.2 Å². The van der Waals surface area contributed by atoms with Crippen molar-refractivity contribution in [2.24, 2.45) is 5.92 Å². The summed E-state index contributed by atoms with van der Waals surface area (Å²) in [4.78, 5) is 29.3. The van der Waals surface area contributed by atoms with E-state index in [1.807, 2.05) is 27.7 Å². The van der Waals surface area contributed by atoms with Gasteiger partial charge in [0.15, 0.2) is 0 Å². The van der Waals surface area contributed by atoms with E-state index in [1.54, 1.807) is 6.92 Å². The Morgan fingerprint density at radius 1 is 1.41 bits per heavy atom. The third-order valence-electron chi connectivity index (χ3n) is 3.63. The summed E-state index contributed by atoms with van der Waals surface area (Å²) in [5.74, 6) is 0.442. The van der Waals surface area contributed by atoms with E-state index < -0.39 is 0 Å². The molecule has 0 radical (unpaired) electrons. The fourth-order valence-corrected chi connectivity index (χ4v) is 2.33. The fraction of sp³-hybridized carbons (Fsp3) is 0.562. The molecule has 1 N–H and O–H groups in total. The second kappa shape index (κ2) is 6.34. The first-order valence-electron chi connectivity index (χ1n) is 7.64. The summed E-state index contributed by atoms with van der Waals surface area (Å²) in [5.41, 5.74) is 0.285. The summed E-state index contributed by atoms with van der Waals surface area (Å²) in [6.07, 6.45) is 2.29. The number of furan rings is 1. The normalized spacial score (nSPS) is 12.8. The molecule has 0 bridgehead atoms. The smallest absolute Gasteiger partial charge is 0.265 e. The second-order valence-corrected chi connectivity index (χ2v) is 6.09. The molecule has 0 aromatic carbocycles. The minimum atomic E-state index is -0.285. The van der Waals surface area contributed by atoms with Crippen molar-refractivity contribution in [3.05, 3.63) is 28.0 Å². The number of aromatic nitrogens is 2. The molecule has 22 heavy (non-hydrogen) atoms. The Morgan fingerprint density at radius 3 is 2.68 bits per heavy atom. The Morgan fingerprint density at radius 2 is 2.09 bits per heavy atom. The first-order valence-corrected chi connectivity index (χ1v) is 7.64. The first kappa shape index (κ1) is 16.3. The lowest BCUT2D eigenvalue weighted by atomic mass is 10.1. The molecule has 2 aromatic heterocycles. The van der Waals surface area contributed by atoms with E-state index in [0.717, 1.165) is 6.42 Å². The van der Waals surface area contributed by atoms with E-state index in [-0.39, 0.29) is 28.6 Å². The molecule has 0 aliphatic rings. The van der Waals surface area contributed by atoms with Gasteiger partial charge in [0.25, 0.3) is 11.5 Å². The van der Waals surface area contributed by atoms with E-state index in [4.69, 9.17) is 4.42 Å². The predicted octanol–water partition coefficient (Wildman–Crippen LogP) is 2.48. The minimum absolute atomic E-state index is 0.0337. The second-order valence-electron chi connectivity index (χ2n) is 6.09. The van der Waals surface area contributed by atoms with Crippen LogP contribution in [0.2, 0.25) is 0 Å². The quantitative estimate of drug-likeness (QED) is 0.920. The highest BCUT2D eigenvalue weighted by Crippen LogP contribution is 2.21. The van der Waals surface area contributed by atoms with Gasteiger partial charge in [-0.05, 0) is 26.2 Å². The number of nitrogens with zero attached hydrogens (tertiary/aromatic N) is 2. The van der Waals surface area contributed by atoms with Crippen molar-refractivity contribution >= 4 is 17.0 Å². The highest BCUT2D eigenvalue weighted by Gasteiger charge is 2.23. The molecular weight excluding hydrogens is 282 g/mol. The van der Waals surface area contributed by atoms with Crippen LogP contribution >= 0.6 is 0 Å². The van der Waals surface area contributed by atoms with E-state index in [0.29, 0.717) is 23.8 Å². The average molecular weight is 305 g/mol. The van der Waals surface area contributed by atoms with E-state index >= 15 is 0 Å². The molecule has 0 fully saturated rings. The maximum atomic E-state index is 12.6. The van der Waals surface area contributed by atoms with Gasteiger partial charge in [-0.1, -0.05) is 20.8 Å². The highest BCUT2D eigenvalue weighted by atomic mass is 16.3. The number of fused-ring (bicyclic) bond motifs is 1. The molecule has 1 amide bonds. The number of carbonyl (C=O) groups is 1. The molecule has 1 atom stereocenters. The number of amides is 1. The molecule has 6 heteroatoms. The standard InChI is InChI=1S/C16H23N3O3/c1-6-10(4)18-14(20)12-11(5)22-15-13(12)16(21)19(8-17-15)7-9(2)3/h8-10H,6-7H2,1-5H3,(H,18,20)/t10-/m1/s1. The monoisotopic (exact) mass is 305 g/mol. The number of hydrogen-bond donors (Lipinski definition) is 1. The maximum absolute atomic E-state index is 12.6. The van der Waals surface area contributed by atoms with Crippen LogP contribution in [0.25, 0.3) is 11.1 Å². The molecule has 0 spiro atoms. The summed E-state index contributed by atoms with van der Waals surface area (Å²) in [7, 11) is 0. The zero-order valence-corrected chi connectivity index (χ0v) is 13.8. The predicted molar refractivity (Wildman–Crippen MR) is 85.1 cm³/mol. The van der Waals surface area contributed by atoms with Crippen LogP contribution < -0.4 is 10.9 Å². The van der Waals surface area contributed by atoms with Crippen molar-refractivity contribution in [3.63, 3.8) is 0 Å². The van der Waals surface area contributed by atoms with Crippen LogP contribution in [0.3, 0.4) is 0 Å². The molecular formula is C16H23N3O3. The summed E-state index contributed by atoms with van der Waals surface area (Å²) in [6, 6.07) is 0.0337. The molecule has 6 nitrogen and oxygen atoms in total. The first-order chi connectivity index (χ1) is 10.3. The molecule has 0 unspecified atom stereocenters. The van der Waals surface area contributed by atoms with Gasteiger partial charge in [-0.2, -0.15) is 0 Å². The minimum Gasteiger partial charge on any atom is -0.442 e. The molecule has 0 saturated carbocycles. The number of hydrogen-bond acceptors (Lipinski definition) is 4. The SMILES string of the molecule is CC[C@@H](C)NC(=O)c1c(C)oc2ncn(CC(C)C)c(=O)c12. The number of carbonyl (C=O) groups excluding carboxylic acids is 1. The van der Waals surface area contributed by atoms with Gasteiger partial charge in [-0.25, -0.2) is 4.98 Å². The van der Waals surface area contributed by atoms with Crippen LogP contribution in [-0.4, -0.2) is 21.5 Å².